The number of piperazine rings is 1. The Hall–Kier alpha value is -3.21. The normalized spacial score (nSPS) is 14.0. The number of rotatable bonds is 5. The lowest BCUT2D eigenvalue weighted by Gasteiger charge is -2.38. The second-order valence-electron chi connectivity index (χ2n) is 7.06. The van der Waals surface area contributed by atoms with Gasteiger partial charge in [-0.1, -0.05) is 12.1 Å². The molecule has 0 N–H and O–H groups in total. The molecule has 0 radical (unpaired) electrons. The van der Waals surface area contributed by atoms with Crippen molar-refractivity contribution in [3.63, 3.8) is 0 Å². The number of ether oxygens (including phenoxy) is 2. The molecule has 1 fully saturated rings. The largest absolute Gasteiger partial charge is 0.497 e. The van der Waals surface area contributed by atoms with E-state index in [0.717, 1.165) is 54.5 Å². The molecule has 0 spiro atoms. The van der Waals surface area contributed by atoms with Crippen molar-refractivity contribution in [2.75, 3.05) is 50.2 Å². The molecule has 0 aromatic heterocycles. The van der Waals surface area contributed by atoms with E-state index in [4.69, 9.17) is 9.47 Å². The van der Waals surface area contributed by atoms with Crippen LogP contribution in [0.15, 0.2) is 66.7 Å². The number of anilines is 2. The third-order valence-corrected chi connectivity index (χ3v) is 5.42. The van der Waals surface area contributed by atoms with Crippen LogP contribution in [0.4, 0.5) is 15.8 Å². The Bertz CT molecular complexity index is 950. The number of hydrogen-bond donors (Lipinski definition) is 0. The summed E-state index contributed by atoms with van der Waals surface area (Å²) >= 11 is 0. The molecule has 0 atom stereocenters. The first-order valence-corrected chi connectivity index (χ1v) is 9.76. The van der Waals surface area contributed by atoms with Gasteiger partial charge in [0.1, 0.15) is 17.3 Å². The highest BCUT2D eigenvalue weighted by molar-refractivity contribution is 5.80. The molecular weight excluding hydrogens is 367 g/mol. The Balaban J connectivity index is 1.55. The minimum atomic E-state index is -0.230. The van der Waals surface area contributed by atoms with E-state index in [1.54, 1.807) is 14.2 Å². The van der Waals surface area contributed by atoms with Crippen LogP contribution in [0.2, 0.25) is 0 Å². The summed E-state index contributed by atoms with van der Waals surface area (Å²) in [6, 6.07) is 21.0. The zero-order chi connectivity index (χ0) is 20.2. The molecule has 5 heteroatoms. The Morgan fingerprint density at radius 1 is 0.690 bits per heavy atom. The molecule has 150 valence electrons. The number of methoxy groups -OCH3 is 2. The van der Waals surface area contributed by atoms with E-state index in [1.165, 1.54) is 17.8 Å². The first-order chi connectivity index (χ1) is 14.2. The number of hydrogen-bond acceptors (Lipinski definition) is 4. The van der Waals surface area contributed by atoms with Gasteiger partial charge in [0.05, 0.1) is 14.2 Å². The number of benzene rings is 3. The molecule has 1 saturated heterocycles. The predicted octanol–water partition coefficient (Wildman–Crippen LogP) is 4.84. The summed E-state index contributed by atoms with van der Waals surface area (Å²) < 4.78 is 24.1. The van der Waals surface area contributed by atoms with Gasteiger partial charge in [-0.3, -0.25) is 0 Å². The molecule has 3 aromatic carbocycles. The maximum atomic E-state index is 13.4. The third kappa shape index (κ3) is 4.14. The van der Waals surface area contributed by atoms with Gasteiger partial charge in [-0.15, -0.1) is 0 Å². The predicted molar refractivity (Wildman–Crippen MR) is 116 cm³/mol. The van der Waals surface area contributed by atoms with Crippen LogP contribution in [0, 0.1) is 5.82 Å². The molecule has 0 saturated carbocycles. The van der Waals surface area contributed by atoms with Crippen molar-refractivity contribution in [2.24, 2.45) is 0 Å². The third-order valence-electron chi connectivity index (χ3n) is 5.42. The van der Waals surface area contributed by atoms with Gasteiger partial charge in [-0.25, -0.2) is 4.39 Å². The summed E-state index contributed by atoms with van der Waals surface area (Å²) in [5.41, 5.74) is 4.39. The highest BCUT2D eigenvalue weighted by Crippen LogP contribution is 2.35. The molecular formula is C24H25FN2O2. The van der Waals surface area contributed by atoms with Crippen molar-refractivity contribution in [3.05, 3.63) is 72.5 Å². The van der Waals surface area contributed by atoms with Gasteiger partial charge in [0, 0.05) is 43.1 Å². The van der Waals surface area contributed by atoms with Gasteiger partial charge in [0.25, 0.3) is 0 Å². The van der Waals surface area contributed by atoms with Crippen LogP contribution in [-0.4, -0.2) is 40.4 Å². The first-order valence-electron chi connectivity index (χ1n) is 9.76. The minimum Gasteiger partial charge on any atom is -0.497 e. The zero-order valence-corrected chi connectivity index (χ0v) is 16.8. The molecule has 0 aliphatic carbocycles. The summed E-state index contributed by atoms with van der Waals surface area (Å²) in [6.45, 7) is 3.68. The maximum Gasteiger partial charge on any atom is 0.123 e. The van der Waals surface area contributed by atoms with Gasteiger partial charge in [-0.05, 0) is 60.2 Å². The monoisotopic (exact) mass is 392 g/mol. The van der Waals surface area contributed by atoms with Crippen molar-refractivity contribution in [3.8, 4) is 22.6 Å². The second-order valence-corrected chi connectivity index (χ2v) is 7.06. The summed E-state index contributed by atoms with van der Waals surface area (Å²) in [6.07, 6.45) is 0. The number of nitrogens with zero attached hydrogens (tertiary/aromatic N) is 2. The van der Waals surface area contributed by atoms with Crippen LogP contribution in [0.5, 0.6) is 11.5 Å². The Morgan fingerprint density at radius 2 is 1.28 bits per heavy atom. The van der Waals surface area contributed by atoms with Crippen LogP contribution in [0.25, 0.3) is 11.1 Å². The summed E-state index contributed by atoms with van der Waals surface area (Å²) in [5, 5.41) is 0. The van der Waals surface area contributed by atoms with Gasteiger partial charge in [0.15, 0.2) is 0 Å². The van der Waals surface area contributed by atoms with Gasteiger partial charge < -0.3 is 19.3 Å². The molecule has 4 nitrogen and oxygen atoms in total. The van der Waals surface area contributed by atoms with E-state index in [0.29, 0.717) is 0 Å². The van der Waals surface area contributed by atoms with Crippen molar-refractivity contribution >= 4 is 11.4 Å². The van der Waals surface area contributed by atoms with Gasteiger partial charge >= 0.3 is 0 Å². The smallest absolute Gasteiger partial charge is 0.123 e. The fraction of sp³-hybridized carbons (Fsp3) is 0.250. The van der Waals surface area contributed by atoms with E-state index in [1.807, 2.05) is 36.4 Å². The molecule has 29 heavy (non-hydrogen) atoms. The highest BCUT2D eigenvalue weighted by Gasteiger charge is 2.20. The zero-order valence-electron chi connectivity index (χ0n) is 16.8. The minimum absolute atomic E-state index is 0.230. The van der Waals surface area contributed by atoms with Crippen LogP contribution < -0.4 is 19.3 Å². The summed E-state index contributed by atoms with van der Waals surface area (Å²) in [5.74, 6) is 1.44. The van der Waals surface area contributed by atoms with E-state index in [2.05, 4.69) is 28.0 Å². The van der Waals surface area contributed by atoms with Crippen molar-refractivity contribution in [2.45, 2.75) is 0 Å². The van der Waals surface area contributed by atoms with E-state index in [9.17, 15) is 4.39 Å². The fourth-order valence-corrected chi connectivity index (χ4v) is 3.78. The standard InChI is InChI=1S/C24H25FN2O2/c1-28-21-9-7-20(8-10-21)26-13-15-27(16-14-26)24-12-11-22(29-2)17-23(24)18-3-5-19(25)6-4-18/h3-12,17H,13-16H2,1-2H3. The molecule has 0 unspecified atom stereocenters. The molecule has 0 bridgehead atoms. The summed E-state index contributed by atoms with van der Waals surface area (Å²) in [7, 11) is 3.35. The average molecular weight is 392 g/mol. The fourth-order valence-electron chi connectivity index (χ4n) is 3.78. The van der Waals surface area contributed by atoms with Gasteiger partial charge in [0.2, 0.25) is 0 Å². The van der Waals surface area contributed by atoms with Crippen LogP contribution in [0.3, 0.4) is 0 Å². The maximum absolute atomic E-state index is 13.4. The lowest BCUT2D eigenvalue weighted by molar-refractivity contribution is 0.414. The summed E-state index contributed by atoms with van der Waals surface area (Å²) in [4.78, 5) is 4.77. The van der Waals surface area contributed by atoms with Crippen LogP contribution in [-0.2, 0) is 0 Å². The molecule has 3 aromatic rings. The molecule has 1 heterocycles. The van der Waals surface area contributed by atoms with Crippen molar-refractivity contribution in [1.82, 2.24) is 0 Å². The quantitative estimate of drug-likeness (QED) is 0.621. The molecule has 4 rings (SSSR count). The van der Waals surface area contributed by atoms with Crippen LogP contribution >= 0.6 is 0 Å². The Labute approximate surface area is 171 Å². The average Bonchev–Trinajstić information content (AvgIpc) is 2.79. The molecule has 0 amide bonds. The first kappa shape index (κ1) is 19.1. The van der Waals surface area contributed by atoms with Crippen molar-refractivity contribution < 1.29 is 13.9 Å². The van der Waals surface area contributed by atoms with Crippen LogP contribution in [0.1, 0.15) is 0 Å². The topological polar surface area (TPSA) is 24.9 Å². The Morgan fingerprint density at radius 3 is 1.90 bits per heavy atom. The Kier molecular flexibility index (Phi) is 5.56. The van der Waals surface area contributed by atoms with E-state index < -0.39 is 0 Å². The molecule has 1 aliphatic rings. The van der Waals surface area contributed by atoms with E-state index >= 15 is 0 Å². The lowest BCUT2D eigenvalue weighted by Crippen LogP contribution is -2.46. The second kappa shape index (κ2) is 8.43. The van der Waals surface area contributed by atoms with Gasteiger partial charge in [-0.2, -0.15) is 0 Å². The SMILES string of the molecule is COc1ccc(N2CCN(c3ccc(OC)cc3-c3ccc(F)cc3)CC2)cc1. The molecule has 1 aliphatic heterocycles. The number of halogens is 1. The lowest BCUT2D eigenvalue weighted by atomic mass is 10.0. The highest BCUT2D eigenvalue weighted by atomic mass is 19.1. The van der Waals surface area contributed by atoms with E-state index in [-0.39, 0.29) is 5.82 Å². The van der Waals surface area contributed by atoms with Crippen molar-refractivity contribution in [1.29, 1.82) is 0 Å².